The van der Waals surface area contributed by atoms with Crippen LogP contribution in [0, 0.1) is 5.92 Å². The zero-order valence-electron chi connectivity index (χ0n) is 12.9. The molecule has 108 valence electrons. The predicted molar refractivity (Wildman–Crippen MR) is 83.9 cm³/mol. The van der Waals surface area contributed by atoms with Gasteiger partial charge in [0, 0.05) is 31.9 Å². The van der Waals surface area contributed by atoms with Crippen LogP contribution in [0.25, 0.3) is 0 Å². The van der Waals surface area contributed by atoms with Crippen LogP contribution in [-0.4, -0.2) is 24.1 Å². The van der Waals surface area contributed by atoms with Gasteiger partial charge in [-0.1, -0.05) is 25.4 Å². The zero-order chi connectivity index (χ0) is 14.6. The first-order valence-electron chi connectivity index (χ1n) is 6.79. The highest BCUT2D eigenvalue weighted by atomic mass is 35.5. The van der Waals surface area contributed by atoms with Crippen molar-refractivity contribution in [2.75, 3.05) is 18.5 Å². The molecule has 1 aromatic rings. The minimum absolute atomic E-state index is 0.0800. The molecule has 1 rings (SSSR count). The number of rotatable bonds is 5. The third-order valence-corrected chi connectivity index (χ3v) is 3.10. The van der Waals surface area contributed by atoms with Crippen LogP contribution in [0.5, 0.6) is 0 Å². The van der Waals surface area contributed by atoms with E-state index in [1.807, 2.05) is 0 Å². The molecule has 0 bridgehead atoms. The average Bonchev–Trinajstić information content (AvgIpc) is 2.25. The Kier molecular flexibility index (Phi) is 5.63. The smallest absolute Gasteiger partial charge is 0.128 e. The van der Waals surface area contributed by atoms with Crippen molar-refractivity contribution in [3.8, 4) is 0 Å². The van der Waals surface area contributed by atoms with Gasteiger partial charge < -0.3 is 10.2 Å². The summed E-state index contributed by atoms with van der Waals surface area (Å²) in [6, 6.07) is 2.07. The van der Waals surface area contributed by atoms with Crippen LogP contribution in [-0.2, 0) is 6.54 Å². The van der Waals surface area contributed by atoms with E-state index >= 15 is 0 Å². The summed E-state index contributed by atoms with van der Waals surface area (Å²) in [6.07, 6.45) is 1.74. The Hall–Kier alpha value is -0.800. The number of nitrogens with zero attached hydrogens (tertiary/aromatic N) is 2. The van der Waals surface area contributed by atoms with Crippen LogP contribution in [0.15, 0.2) is 12.3 Å². The monoisotopic (exact) mass is 283 g/mol. The van der Waals surface area contributed by atoms with Crippen molar-refractivity contribution >= 4 is 17.4 Å². The lowest BCUT2D eigenvalue weighted by Gasteiger charge is -2.23. The van der Waals surface area contributed by atoms with E-state index in [0.717, 1.165) is 29.5 Å². The molecule has 0 unspecified atom stereocenters. The van der Waals surface area contributed by atoms with Crippen LogP contribution in [0.4, 0.5) is 5.82 Å². The van der Waals surface area contributed by atoms with E-state index in [-0.39, 0.29) is 5.54 Å². The van der Waals surface area contributed by atoms with Gasteiger partial charge in [-0.15, -0.1) is 0 Å². The number of aromatic nitrogens is 1. The summed E-state index contributed by atoms with van der Waals surface area (Å²) in [4.78, 5) is 6.57. The SMILES string of the molecule is CC(C)CN(C)c1cc(CNC(C)(C)C)c(Cl)cn1. The summed E-state index contributed by atoms with van der Waals surface area (Å²) in [6.45, 7) is 12.6. The van der Waals surface area contributed by atoms with Crippen molar-refractivity contribution in [2.45, 2.75) is 46.7 Å². The fourth-order valence-electron chi connectivity index (χ4n) is 1.81. The van der Waals surface area contributed by atoms with Gasteiger partial charge in [0.15, 0.2) is 0 Å². The molecule has 0 fully saturated rings. The van der Waals surface area contributed by atoms with Gasteiger partial charge in [-0.05, 0) is 38.3 Å². The minimum Gasteiger partial charge on any atom is -0.359 e. The number of hydrogen-bond donors (Lipinski definition) is 1. The standard InChI is InChI=1S/C15H26ClN3/c1-11(2)10-19(6)14-7-12(13(16)9-17-14)8-18-15(3,4)5/h7,9,11,18H,8,10H2,1-6H3. The molecule has 0 aliphatic rings. The molecule has 3 nitrogen and oxygen atoms in total. The van der Waals surface area contributed by atoms with Gasteiger partial charge in [0.1, 0.15) is 5.82 Å². The molecule has 0 saturated carbocycles. The third kappa shape index (κ3) is 5.79. The van der Waals surface area contributed by atoms with E-state index in [4.69, 9.17) is 11.6 Å². The lowest BCUT2D eigenvalue weighted by molar-refractivity contribution is 0.424. The van der Waals surface area contributed by atoms with Crippen molar-refractivity contribution in [1.29, 1.82) is 0 Å². The van der Waals surface area contributed by atoms with E-state index in [1.165, 1.54) is 0 Å². The van der Waals surface area contributed by atoms with Crippen LogP contribution in [0.3, 0.4) is 0 Å². The van der Waals surface area contributed by atoms with Crippen molar-refractivity contribution in [2.24, 2.45) is 5.92 Å². The molecule has 0 atom stereocenters. The molecule has 1 heterocycles. The molecule has 0 spiro atoms. The first kappa shape index (κ1) is 16.3. The number of nitrogens with one attached hydrogen (secondary N) is 1. The molecule has 1 N–H and O–H groups in total. The van der Waals surface area contributed by atoms with E-state index in [9.17, 15) is 0 Å². The van der Waals surface area contributed by atoms with Crippen LogP contribution >= 0.6 is 11.6 Å². The van der Waals surface area contributed by atoms with Gasteiger partial charge >= 0.3 is 0 Å². The van der Waals surface area contributed by atoms with Gasteiger partial charge in [-0.25, -0.2) is 4.98 Å². The van der Waals surface area contributed by atoms with E-state index in [1.54, 1.807) is 6.20 Å². The molecular weight excluding hydrogens is 258 g/mol. The molecule has 4 heteroatoms. The summed E-state index contributed by atoms with van der Waals surface area (Å²) in [5.41, 5.74) is 1.17. The molecule has 0 aliphatic heterocycles. The van der Waals surface area contributed by atoms with E-state index in [2.05, 4.69) is 62.9 Å². The summed E-state index contributed by atoms with van der Waals surface area (Å²) < 4.78 is 0. The first-order chi connectivity index (χ1) is 8.69. The molecule has 0 saturated heterocycles. The first-order valence-corrected chi connectivity index (χ1v) is 7.17. The van der Waals surface area contributed by atoms with Crippen LogP contribution in [0.1, 0.15) is 40.2 Å². The Balaban J connectivity index is 2.82. The van der Waals surface area contributed by atoms with Crippen molar-refractivity contribution in [3.63, 3.8) is 0 Å². The van der Waals surface area contributed by atoms with Crippen LogP contribution in [0.2, 0.25) is 5.02 Å². The van der Waals surface area contributed by atoms with Crippen molar-refractivity contribution in [3.05, 3.63) is 22.8 Å². The largest absolute Gasteiger partial charge is 0.359 e. The minimum atomic E-state index is 0.0800. The maximum absolute atomic E-state index is 6.21. The molecule has 0 amide bonds. The molecule has 0 aromatic carbocycles. The molecule has 0 aliphatic carbocycles. The number of pyridine rings is 1. The van der Waals surface area contributed by atoms with E-state index in [0.29, 0.717) is 5.92 Å². The Morgan fingerprint density at radius 3 is 2.53 bits per heavy atom. The maximum Gasteiger partial charge on any atom is 0.128 e. The Morgan fingerprint density at radius 2 is 2.00 bits per heavy atom. The quantitative estimate of drug-likeness (QED) is 0.893. The van der Waals surface area contributed by atoms with Gasteiger partial charge in [0.05, 0.1) is 5.02 Å². The fourth-order valence-corrected chi connectivity index (χ4v) is 1.98. The van der Waals surface area contributed by atoms with Gasteiger partial charge in [0.25, 0.3) is 0 Å². The topological polar surface area (TPSA) is 28.2 Å². The molecule has 19 heavy (non-hydrogen) atoms. The number of hydrogen-bond acceptors (Lipinski definition) is 3. The summed E-state index contributed by atoms with van der Waals surface area (Å²) in [5, 5.41) is 4.18. The summed E-state index contributed by atoms with van der Waals surface area (Å²) >= 11 is 6.21. The third-order valence-electron chi connectivity index (χ3n) is 2.76. The maximum atomic E-state index is 6.21. The Labute approximate surface area is 122 Å². The van der Waals surface area contributed by atoms with Crippen molar-refractivity contribution in [1.82, 2.24) is 10.3 Å². The number of halogens is 1. The second-order valence-electron chi connectivity index (χ2n) is 6.51. The molecule has 1 aromatic heterocycles. The highest BCUT2D eigenvalue weighted by Gasteiger charge is 2.12. The van der Waals surface area contributed by atoms with Gasteiger partial charge in [-0.2, -0.15) is 0 Å². The van der Waals surface area contributed by atoms with Gasteiger partial charge in [-0.3, -0.25) is 0 Å². The second kappa shape index (κ2) is 6.58. The van der Waals surface area contributed by atoms with Gasteiger partial charge in [0.2, 0.25) is 0 Å². The normalized spacial score (nSPS) is 12.0. The van der Waals surface area contributed by atoms with E-state index < -0.39 is 0 Å². The average molecular weight is 284 g/mol. The fraction of sp³-hybridized carbons (Fsp3) is 0.667. The Bertz CT molecular complexity index is 410. The lowest BCUT2D eigenvalue weighted by atomic mass is 10.1. The predicted octanol–water partition coefficient (Wildman–Crippen LogP) is 3.72. The summed E-state index contributed by atoms with van der Waals surface area (Å²) in [5.74, 6) is 1.59. The molecular formula is C15H26ClN3. The second-order valence-corrected chi connectivity index (χ2v) is 6.92. The lowest BCUT2D eigenvalue weighted by Crippen LogP contribution is -2.35. The highest BCUT2D eigenvalue weighted by molar-refractivity contribution is 6.31. The highest BCUT2D eigenvalue weighted by Crippen LogP contribution is 2.21. The van der Waals surface area contributed by atoms with Crippen molar-refractivity contribution < 1.29 is 0 Å². The van der Waals surface area contributed by atoms with Crippen LogP contribution < -0.4 is 10.2 Å². The molecule has 0 radical (unpaired) electrons. The Morgan fingerprint density at radius 1 is 1.37 bits per heavy atom. The zero-order valence-corrected chi connectivity index (χ0v) is 13.7. The summed E-state index contributed by atoms with van der Waals surface area (Å²) in [7, 11) is 2.07. The number of anilines is 1.